The predicted molar refractivity (Wildman–Crippen MR) is 70.6 cm³/mol. The van der Waals surface area contributed by atoms with Crippen molar-refractivity contribution in [3.63, 3.8) is 0 Å². The summed E-state index contributed by atoms with van der Waals surface area (Å²) in [7, 11) is 0. The molecule has 5 nitrogen and oxygen atoms in total. The minimum Gasteiger partial charge on any atom is -0.313 e. The average Bonchev–Trinajstić information content (AvgIpc) is 3.13. The van der Waals surface area contributed by atoms with Gasteiger partial charge in [0.25, 0.3) is 0 Å². The maximum absolute atomic E-state index is 12.8. The minimum atomic E-state index is -0.492. The molecule has 4 fully saturated rings. The maximum Gasteiger partial charge on any atom is 0.244 e. The van der Waals surface area contributed by atoms with Crippen molar-refractivity contribution in [1.29, 1.82) is 0 Å². The first kappa shape index (κ1) is 11.3. The number of carbonyl (C=O) groups excluding carboxylic acids is 2. The Bertz CT molecular complexity index is 559. The fourth-order valence-corrected chi connectivity index (χ4v) is 5.84. The van der Waals surface area contributed by atoms with Crippen LogP contribution in [0, 0.1) is 23.7 Å². The maximum atomic E-state index is 12.8. The molecule has 2 saturated heterocycles. The third-order valence-electron chi connectivity index (χ3n) is 6.51. The third kappa shape index (κ3) is 0.974. The zero-order chi connectivity index (χ0) is 13.6. The van der Waals surface area contributed by atoms with Crippen LogP contribution in [0.4, 0.5) is 0 Å². The van der Waals surface area contributed by atoms with Gasteiger partial charge in [0.1, 0.15) is 5.66 Å². The number of nitrogens with two attached hydrogens (primary N) is 1. The summed E-state index contributed by atoms with van der Waals surface area (Å²) in [4.78, 5) is 27.5. The Morgan fingerprint density at radius 2 is 2.05 bits per heavy atom. The van der Waals surface area contributed by atoms with Crippen LogP contribution >= 0.6 is 0 Å². The van der Waals surface area contributed by atoms with Crippen molar-refractivity contribution in [1.82, 2.24) is 9.91 Å². The summed E-state index contributed by atoms with van der Waals surface area (Å²) in [5, 5.41) is 1.46. The lowest BCUT2D eigenvalue weighted by molar-refractivity contribution is -0.181. The van der Waals surface area contributed by atoms with Gasteiger partial charge in [0, 0.05) is 12.3 Å². The van der Waals surface area contributed by atoms with Gasteiger partial charge < -0.3 is 4.90 Å². The summed E-state index contributed by atoms with van der Waals surface area (Å²) in [6, 6.07) is 0.0768. The first-order valence-electron chi connectivity index (χ1n) is 7.74. The summed E-state index contributed by atoms with van der Waals surface area (Å²) >= 11 is 0. The zero-order valence-corrected chi connectivity index (χ0v) is 11.4. The summed E-state index contributed by atoms with van der Waals surface area (Å²) in [5.41, 5.74) is -0.492. The standard InChI is InChI=1S/C15H19N3O2/c16-18-14(20)12-8-3-4-9(6-8)13(12)17-11(19)7-10-2-1-5-15(10,17)18/h3-4,8-10,12-13H,1-2,5-7,16H2/t8-,9+,10-,12+,13-,15+/m1/s1. The van der Waals surface area contributed by atoms with E-state index in [-0.39, 0.29) is 35.6 Å². The Hall–Kier alpha value is -1.36. The molecule has 2 aliphatic heterocycles. The molecule has 20 heavy (non-hydrogen) atoms. The number of hydrogen-bond donors (Lipinski definition) is 1. The monoisotopic (exact) mass is 273 g/mol. The molecule has 2 heterocycles. The lowest BCUT2D eigenvalue weighted by atomic mass is 9.81. The summed E-state index contributed by atoms with van der Waals surface area (Å²) in [6.45, 7) is 0. The number of nitrogens with zero attached hydrogens (tertiary/aromatic N) is 2. The molecule has 0 unspecified atom stereocenters. The molecule has 0 aromatic heterocycles. The largest absolute Gasteiger partial charge is 0.313 e. The molecule has 0 aromatic rings. The number of amides is 2. The average molecular weight is 273 g/mol. The van der Waals surface area contributed by atoms with Gasteiger partial charge in [-0.05, 0) is 37.5 Å². The lowest BCUT2D eigenvalue weighted by Crippen LogP contribution is -2.74. The Morgan fingerprint density at radius 3 is 2.90 bits per heavy atom. The van der Waals surface area contributed by atoms with Crippen molar-refractivity contribution in [2.45, 2.75) is 43.8 Å². The van der Waals surface area contributed by atoms with E-state index in [0.717, 1.165) is 25.7 Å². The Kier molecular flexibility index (Phi) is 1.85. The molecule has 1 spiro atoms. The van der Waals surface area contributed by atoms with E-state index in [4.69, 9.17) is 5.84 Å². The van der Waals surface area contributed by atoms with Crippen molar-refractivity contribution in [2.75, 3.05) is 0 Å². The first-order chi connectivity index (χ1) is 9.64. The molecule has 2 amide bonds. The molecular weight excluding hydrogens is 254 g/mol. The van der Waals surface area contributed by atoms with Gasteiger partial charge in [0.05, 0.1) is 12.0 Å². The molecule has 3 aliphatic carbocycles. The second-order valence-electron chi connectivity index (χ2n) is 7.11. The number of fused-ring (bicyclic) bond motifs is 6. The van der Waals surface area contributed by atoms with Gasteiger partial charge in [0.15, 0.2) is 0 Å². The molecule has 2 N–H and O–H groups in total. The van der Waals surface area contributed by atoms with Gasteiger partial charge in [-0.2, -0.15) is 0 Å². The third-order valence-corrected chi connectivity index (χ3v) is 6.51. The Morgan fingerprint density at radius 1 is 1.25 bits per heavy atom. The molecule has 6 atom stereocenters. The SMILES string of the molecule is NN1C(=O)[C@@H]2[C@@H]([C@H]3C=C[C@@H]2C3)N2C(=O)C[C@H]3CCC[C@@]312. The molecule has 5 heteroatoms. The van der Waals surface area contributed by atoms with Gasteiger partial charge in [0.2, 0.25) is 11.8 Å². The Balaban J connectivity index is 1.70. The molecule has 5 rings (SSSR count). The van der Waals surface area contributed by atoms with Crippen LogP contribution in [0.1, 0.15) is 32.1 Å². The zero-order valence-electron chi connectivity index (χ0n) is 11.4. The normalized spacial score (nSPS) is 51.8. The van der Waals surface area contributed by atoms with Crippen molar-refractivity contribution in [2.24, 2.45) is 29.5 Å². The van der Waals surface area contributed by atoms with E-state index in [9.17, 15) is 9.59 Å². The minimum absolute atomic E-state index is 0.0738. The van der Waals surface area contributed by atoms with Gasteiger partial charge in [-0.3, -0.25) is 14.6 Å². The van der Waals surface area contributed by atoms with Crippen LogP contribution < -0.4 is 5.84 Å². The topological polar surface area (TPSA) is 66.6 Å². The molecule has 0 radical (unpaired) electrons. The van der Waals surface area contributed by atoms with Crippen LogP contribution in [0.3, 0.4) is 0 Å². The molecule has 106 valence electrons. The molecule has 2 bridgehead atoms. The van der Waals surface area contributed by atoms with Crippen molar-refractivity contribution < 1.29 is 9.59 Å². The molecule has 0 aromatic carbocycles. The van der Waals surface area contributed by atoms with Crippen molar-refractivity contribution in [3.05, 3.63) is 12.2 Å². The van der Waals surface area contributed by atoms with Crippen molar-refractivity contribution in [3.8, 4) is 0 Å². The summed E-state index contributed by atoms with van der Waals surface area (Å²) < 4.78 is 0. The van der Waals surface area contributed by atoms with E-state index >= 15 is 0 Å². The van der Waals surface area contributed by atoms with Gasteiger partial charge in [-0.15, -0.1) is 0 Å². The molecule has 2 saturated carbocycles. The highest BCUT2D eigenvalue weighted by Gasteiger charge is 2.69. The van der Waals surface area contributed by atoms with Crippen LogP contribution in [0.5, 0.6) is 0 Å². The van der Waals surface area contributed by atoms with Gasteiger partial charge >= 0.3 is 0 Å². The van der Waals surface area contributed by atoms with E-state index in [1.54, 1.807) is 0 Å². The van der Waals surface area contributed by atoms with Crippen LogP contribution in [-0.2, 0) is 9.59 Å². The van der Waals surface area contributed by atoms with E-state index in [2.05, 4.69) is 12.2 Å². The highest BCUT2D eigenvalue weighted by atomic mass is 16.2. The number of allylic oxidation sites excluding steroid dienone is 1. The quantitative estimate of drug-likeness (QED) is 0.400. The highest BCUT2D eigenvalue weighted by Crippen LogP contribution is 2.59. The predicted octanol–water partition coefficient (Wildman–Crippen LogP) is 0.622. The van der Waals surface area contributed by atoms with Crippen LogP contribution in [0.25, 0.3) is 0 Å². The second-order valence-corrected chi connectivity index (χ2v) is 7.11. The summed E-state index contributed by atoms with van der Waals surface area (Å²) in [5.74, 6) is 7.35. The van der Waals surface area contributed by atoms with Crippen molar-refractivity contribution >= 4 is 11.8 Å². The van der Waals surface area contributed by atoms with Gasteiger partial charge in [-0.25, -0.2) is 5.84 Å². The number of rotatable bonds is 0. The van der Waals surface area contributed by atoms with Crippen LogP contribution in [0.15, 0.2) is 12.2 Å². The number of hydrazine groups is 1. The second kappa shape index (κ2) is 3.27. The Labute approximate surface area is 117 Å². The fraction of sp³-hybridized carbons (Fsp3) is 0.733. The van der Waals surface area contributed by atoms with E-state index < -0.39 is 5.66 Å². The highest BCUT2D eigenvalue weighted by molar-refractivity contribution is 5.89. The first-order valence-corrected chi connectivity index (χ1v) is 7.74. The number of carbonyl (C=O) groups is 2. The lowest BCUT2D eigenvalue weighted by Gasteiger charge is -2.55. The number of hydrogen-bond acceptors (Lipinski definition) is 3. The van der Waals surface area contributed by atoms with E-state index in [0.29, 0.717) is 12.3 Å². The van der Waals surface area contributed by atoms with E-state index in [1.165, 1.54) is 5.01 Å². The molecule has 5 aliphatic rings. The fourth-order valence-electron chi connectivity index (χ4n) is 5.84. The summed E-state index contributed by atoms with van der Waals surface area (Å²) in [6.07, 6.45) is 8.90. The van der Waals surface area contributed by atoms with E-state index in [1.807, 2.05) is 4.90 Å². The van der Waals surface area contributed by atoms with Gasteiger partial charge in [-0.1, -0.05) is 12.2 Å². The van der Waals surface area contributed by atoms with Crippen LogP contribution in [-0.4, -0.2) is 33.4 Å². The smallest absolute Gasteiger partial charge is 0.244 e. The molecular formula is C15H19N3O2. The van der Waals surface area contributed by atoms with Crippen LogP contribution in [0.2, 0.25) is 0 Å².